The second kappa shape index (κ2) is 3.53. The Bertz CT molecular complexity index is 372. The smallest absolute Gasteiger partial charge is 0.223 e. The summed E-state index contributed by atoms with van der Waals surface area (Å²) in [5, 5.41) is 20.9. The average Bonchev–Trinajstić information content (AvgIpc) is 2.28. The normalized spacial score (nSPS) is 9.54. The minimum atomic E-state index is 0.422. The summed E-state index contributed by atoms with van der Waals surface area (Å²) in [5.74, 6) is 0.422. The first-order chi connectivity index (χ1) is 6.47. The molecule has 0 unspecified atom stereocenters. The predicted molar refractivity (Wildman–Crippen MR) is 44.0 cm³/mol. The third-order valence-electron chi connectivity index (χ3n) is 1.39. The first kappa shape index (κ1) is 7.53. The van der Waals surface area contributed by atoms with E-state index in [0.29, 0.717) is 11.5 Å². The Hall–Kier alpha value is -2.11. The lowest BCUT2D eigenvalue weighted by atomic mass is 10.4. The molecule has 13 heavy (non-hydrogen) atoms. The summed E-state index contributed by atoms with van der Waals surface area (Å²) in [6.07, 6.45) is 1.57. The summed E-state index contributed by atoms with van der Waals surface area (Å²) in [6, 6.07) is 7.24. The topological polar surface area (TPSA) is 80.2 Å². The molecule has 0 aliphatic carbocycles. The largest absolute Gasteiger partial charge is 0.254 e. The van der Waals surface area contributed by atoms with Crippen LogP contribution in [-0.2, 0) is 0 Å². The van der Waals surface area contributed by atoms with Gasteiger partial charge >= 0.3 is 0 Å². The van der Waals surface area contributed by atoms with Crippen LogP contribution < -0.4 is 0 Å². The average molecular weight is 174 g/mol. The molecule has 6 nitrogen and oxygen atoms in total. The second-order valence-electron chi connectivity index (χ2n) is 2.25. The zero-order valence-corrected chi connectivity index (χ0v) is 6.62. The van der Waals surface area contributed by atoms with Crippen molar-refractivity contribution < 1.29 is 0 Å². The molecule has 6 heteroatoms. The van der Waals surface area contributed by atoms with Crippen LogP contribution in [0.2, 0.25) is 0 Å². The van der Waals surface area contributed by atoms with E-state index >= 15 is 0 Å². The van der Waals surface area contributed by atoms with Crippen molar-refractivity contribution >= 4 is 0 Å². The van der Waals surface area contributed by atoms with Gasteiger partial charge < -0.3 is 0 Å². The molecule has 64 valence electrons. The molecule has 0 aromatic heterocycles. The molecule has 0 aromatic rings. The fourth-order valence-electron chi connectivity index (χ4n) is 0.823. The summed E-state index contributed by atoms with van der Waals surface area (Å²) in [7, 11) is 0. The molecule has 0 spiro atoms. The van der Waals surface area contributed by atoms with Crippen molar-refractivity contribution in [2.45, 2.75) is 0 Å². The van der Waals surface area contributed by atoms with E-state index in [0.717, 1.165) is 0 Å². The van der Waals surface area contributed by atoms with Gasteiger partial charge in [0.25, 0.3) is 0 Å². The number of nitrogens with zero attached hydrogens (tertiary/aromatic N) is 5. The van der Waals surface area contributed by atoms with E-state index < -0.39 is 0 Å². The van der Waals surface area contributed by atoms with E-state index in [2.05, 4.69) is 30.8 Å². The number of hydrogen-bond donors (Lipinski definition) is 1. The Morgan fingerprint density at radius 2 is 2.08 bits per heavy atom. The van der Waals surface area contributed by atoms with Gasteiger partial charge in [-0.1, -0.05) is 12.1 Å². The Morgan fingerprint density at radius 1 is 1.08 bits per heavy atom. The Balaban J connectivity index is 2.69. The van der Waals surface area contributed by atoms with Crippen molar-refractivity contribution in [3.8, 4) is 11.5 Å². The van der Waals surface area contributed by atoms with Crippen molar-refractivity contribution in [3.05, 3.63) is 30.5 Å². The second-order valence-corrected chi connectivity index (χ2v) is 2.25. The van der Waals surface area contributed by atoms with Crippen LogP contribution in [0.5, 0.6) is 0 Å². The lowest BCUT2D eigenvalue weighted by Gasteiger charge is -1.92. The van der Waals surface area contributed by atoms with E-state index in [1.54, 1.807) is 18.3 Å². The van der Waals surface area contributed by atoms with Gasteiger partial charge in [-0.25, -0.2) is 0 Å². The first-order valence-electron chi connectivity index (χ1n) is 3.65. The molecule has 1 N–H and O–H groups in total. The molecule has 0 saturated heterocycles. The van der Waals surface area contributed by atoms with Gasteiger partial charge in [-0.3, -0.25) is 5.10 Å². The highest BCUT2D eigenvalue weighted by Crippen LogP contribution is 2.04. The zero-order valence-electron chi connectivity index (χ0n) is 6.62. The van der Waals surface area contributed by atoms with Crippen LogP contribution in [0.25, 0.3) is 11.5 Å². The zero-order chi connectivity index (χ0) is 8.93. The summed E-state index contributed by atoms with van der Waals surface area (Å²) in [6.45, 7) is 0. The van der Waals surface area contributed by atoms with Crippen molar-refractivity contribution in [1.29, 1.82) is 0 Å². The third-order valence-corrected chi connectivity index (χ3v) is 1.39. The molecular formula is C7H6N6. The quantitative estimate of drug-likeness (QED) is 0.617. The number of fused-ring (bicyclic) bond motifs is 1. The van der Waals surface area contributed by atoms with Gasteiger partial charge in [0.05, 0.1) is 0 Å². The molecule has 0 aromatic carbocycles. The van der Waals surface area contributed by atoms with Gasteiger partial charge in [-0.15, -0.1) is 10.2 Å². The standard InChI is InChI=1S/C7H6N6/c1-2-4-6-7(10-8-5-3-1)11-13-12-9-6/h1-5H,(H,9,13). The highest BCUT2D eigenvalue weighted by Gasteiger charge is 1.99. The van der Waals surface area contributed by atoms with Gasteiger partial charge in [0.1, 0.15) is 5.69 Å². The summed E-state index contributed by atoms with van der Waals surface area (Å²) in [4.78, 5) is 0. The number of hydrogen-bond acceptors (Lipinski definition) is 5. The van der Waals surface area contributed by atoms with E-state index in [4.69, 9.17) is 0 Å². The molecule has 0 radical (unpaired) electrons. The minimum absolute atomic E-state index is 0.422. The predicted octanol–water partition coefficient (Wildman–Crippen LogP) is 0.219. The fraction of sp³-hybridized carbons (Fsp3) is 0. The van der Waals surface area contributed by atoms with Crippen LogP contribution in [0.15, 0.2) is 30.5 Å². The molecule has 0 amide bonds. The molecule has 0 bridgehead atoms. The molecular weight excluding hydrogens is 168 g/mol. The van der Waals surface area contributed by atoms with Gasteiger partial charge in [-0.05, 0) is 22.6 Å². The van der Waals surface area contributed by atoms with Crippen LogP contribution in [0.3, 0.4) is 0 Å². The highest BCUT2D eigenvalue weighted by atomic mass is 15.4. The number of aromatic amines is 1. The number of aromatic nitrogens is 6. The van der Waals surface area contributed by atoms with Gasteiger partial charge in [0.15, 0.2) is 0 Å². The van der Waals surface area contributed by atoms with Crippen LogP contribution in [-0.4, -0.2) is 30.8 Å². The third kappa shape index (κ3) is 1.73. The maximum Gasteiger partial charge on any atom is 0.223 e. The molecule has 2 rings (SSSR count). The maximum atomic E-state index is 3.83. The van der Waals surface area contributed by atoms with Gasteiger partial charge in [0.2, 0.25) is 5.82 Å². The molecule has 0 saturated carbocycles. The summed E-state index contributed by atoms with van der Waals surface area (Å²) >= 11 is 0. The van der Waals surface area contributed by atoms with Crippen molar-refractivity contribution in [3.63, 3.8) is 0 Å². The SMILES string of the molecule is c1ccnnc2nnn[nH]c-2cc1. The summed E-state index contributed by atoms with van der Waals surface area (Å²) in [5.41, 5.74) is 0.679. The number of rotatable bonds is 0. The van der Waals surface area contributed by atoms with Crippen LogP contribution in [0.1, 0.15) is 0 Å². The van der Waals surface area contributed by atoms with Crippen LogP contribution in [0, 0.1) is 0 Å². The Kier molecular flexibility index (Phi) is 2.04. The van der Waals surface area contributed by atoms with Gasteiger partial charge in [-0.2, -0.15) is 5.10 Å². The van der Waals surface area contributed by atoms with Crippen LogP contribution >= 0.6 is 0 Å². The maximum absolute atomic E-state index is 3.83. The molecule has 0 atom stereocenters. The van der Waals surface area contributed by atoms with Crippen molar-refractivity contribution in [2.75, 3.05) is 0 Å². The van der Waals surface area contributed by atoms with E-state index in [9.17, 15) is 0 Å². The monoisotopic (exact) mass is 174 g/mol. The molecule has 2 heterocycles. The molecule has 0 fully saturated rings. The lowest BCUT2D eigenvalue weighted by Crippen LogP contribution is -1.98. The summed E-state index contributed by atoms with van der Waals surface area (Å²) < 4.78 is 0. The van der Waals surface area contributed by atoms with E-state index in [1.807, 2.05) is 12.1 Å². The van der Waals surface area contributed by atoms with Crippen molar-refractivity contribution in [1.82, 2.24) is 30.8 Å². The fourth-order valence-corrected chi connectivity index (χ4v) is 0.823. The van der Waals surface area contributed by atoms with Gasteiger partial charge in [0, 0.05) is 6.20 Å². The molecule has 2 aliphatic heterocycles. The highest BCUT2D eigenvalue weighted by molar-refractivity contribution is 5.44. The Morgan fingerprint density at radius 3 is 3.08 bits per heavy atom. The number of nitrogens with one attached hydrogen (secondary N) is 1. The van der Waals surface area contributed by atoms with Crippen LogP contribution in [0.4, 0.5) is 0 Å². The van der Waals surface area contributed by atoms with E-state index in [-0.39, 0.29) is 0 Å². The minimum Gasteiger partial charge on any atom is -0.254 e. The number of H-pyrrole nitrogens is 1. The Labute approximate surface area is 73.7 Å². The molecule has 2 aliphatic rings. The van der Waals surface area contributed by atoms with E-state index in [1.165, 1.54) is 0 Å². The first-order valence-corrected chi connectivity index (χ1v) is 3.65. The lowest BCUT2D eigenvalue weighted by molar-refractivity contribution is 0.748. The van der Waals surface area contributed by atoms with Crippen molar-refractivity contribution in [2.24, 2.45) is 0 Å².